The summed E-state index contributed by atoms with van der Waals surface area (Å²) >= 11 is -2.90. The van der Waals surface area contributed by atoms with Crippen molar-refractivity contribution in [3.63, 3.8) is 0 Å². The molecule has 0 N–H and O–H groups in total. The Morgan fingerprint density at radius 2 is 0.811 bits per heavy atom. The molecule has 0 saturated carbocycles. The summed E-state index contributed by atoms with van der Waals surface area (Å²) in [6.45, 7) is 34.2. The maximum absolute atomic E-state index is 2.90. The van der Waals surface area contributed by atoms with Gasteiger partial charge in [-0.3, -0.25) is 0 Å². The molecule has 7 rings (SSSR count). The number of halogens is 2. The topological polar surface area (TPSA) is 0 Å². The van der Waals surface area contributed by atoms with Crippen LogP contribution in [0, 0.1) is 41.5 Å². The van der Waals surface area contributed by atoms with Crippen LogP contribution in [0.5, 0.6) is 0 Å². The summed E-state index contributed by atoms with van der Waals surface area (Å²) < 4.78 is 4.36. The molecule has 280 valence electrons. The van der Waals surface area contributed by atoms with Crippen molar-refractivity contribution in [3.8, 4) is 22.3 Å². The minimum atomic E-state index is -2.90. The molecule has 3 aliphatic rings. The van der Waals surface area contributed by atoms with E-state index in [0.29, 0.717) is 7.25 Å². The van der Waals surface area contributed by atoms with E-state index in [1.165, 1.54) is 52.8 Å². The fraction of sp³-hybridized carbons (Fsp3) is 0.417. The van der Waals surface area contributed by atoms with Crippen LogP contribution in [0.2, 0.25) is 47.5 Å². The van der Waals surface area contributed by atoms with Gasteiger partial charge in [0.1, 0.15) is 0 Å². The standard InChI is InChI=1S/2C23H29Si.C2H4.2ClH.Zr/c2*1-8-18-13-21-16(3)15(2)17(4)23(22(21)14-18)19-9-11-20(12-10-19)24(5,6)7;1-2;;;/h2*9-14H,8H2,1-7H3;1-2H2;2*1H;/q;;;;;+2/p-2. The third kappa shape index (κ3) is 6.79. The third-order valence-corrected chi connectivity index (χ3v) is 30.9. The van der Waals surface area contributed by atoms with Crippen LogP contribution in [-0.4, -0.2) is 16.1 Å². The van der Waals surface area contributed by atoms with Gasteiger partial charge in [0, 0.05) is 0 Å². The van der Waals surface area contributed by atoms with Crippen LogP contribution in [0.25, 0.3) is 34.4 Å². The minimum absolute atomic E-state index is 0. The van der Waals surface area contributed by atoms with E-state index < -0.39 is 36.4 Å². The first-order valence-corrected chi connectivity index (χ1v) is 33.2. The van der Waals surface area contributed by atoms with Gasteiger partial charge in [-0.2, -0.15) is 0 Å². The second-order valence-corrected chi connectivity index (χ2v) is 40.1. The molecular weight excluding hydrogens is 795 g/mol. The predicted octanol–water partition coefficient (Wildman–Crippen LogP) is 7.37. The molecule has 1 fully saturated rings. The van der Waals surface area contributed by atoms with Gasteiger partial charge in [-0.15, -0.1) is 0 Å². The largest absolute Gasteiger partial charge is 1.00 e. The molecule has 2 atom stereocenters. The van der Waals surface area contributed by atoms with E-state index in [1.807, 2.05) is 0 Å². The smallest absolute Gasteiger partial charge is 1.00 e. The summed E-state index contributed by atoms with van der Waals surface area (Å²) in [5.41, 5.74) is 25.1. The summed E-state index contributed by atoms with van der Waals surface area (Å²) in [5, 5.41) is 3.09. The number of allylic oxidation sites excluding steroid dienone is 2. The van der Waals surface area contributed by atoms with Gasteiger partial charge in [-0.05, 0) is 0 Å². The van der Waals surface area contributed by atoms with Gasteiger partial charge in [0.25, 0.3) is 0 Å². The Morgan fingerprint density at radius 1 is 0.491 bits per heavy atom. The van der Waals surface area contributed by atoms with Gasteiger partial charge in [0.2, 0.25) is 0 Å². The molecule has 1 saturated heterocycles. The van der Waals surface area contributed by atoms with Crippen LogP contribution in [0.1, 0.15) is 89.6 Å². The molecule has 0 bridgehead atoms. The molecule has 4 aromatic rings. The van der Waals surface area contributed by atoms with Crippen molar-refractivity contribution in [1.82, 2.24) is 0 Å². The number of benzene rings is 4. The van der Waals surface area contributed by atoms with Crippen molar-refractivity contribution in [3.05, 3.63) is 115 Å². The summed E-state index contributed by atoms with van der Waals surface area (Å²) in [6, 6.07) is 19.6. The fourth-order valence-electron chi connectivity index (χ4n) is 10.2. The van der Waals surface area contributed by atoms with Crippen LogP contribution in [0.4, 0.5) is 0 Å². The SMILES string of the molecule is CCC1=Cc2c(-c3ccc([Si](C)(C)C)cc3)c(C)c(C)c(C)c2[CH]1[Zr+2]1([CH]2C(CC)=Cc3c(-c4ccc([Si](C)(C)C)cc4)c(C)c(C)c(C)c32)[CH2][CH2]1.[Cl-].[Cl-]. The zero-order chi connectivity index (χ0) is 36.9. The molecule has 5 heteroatoms. The van der Waals surface area contributed by atoms with Gasteiger partial charge < -0.3 is 24.8 Å². The first kappa shape index (κ1) is 42.4. The average molecular weight is 857 g/mol. The summed E-state index contributed by atoms with van der Waals surface area (Å²) in [7, 11) is -2.73. The van der Waals surface area contributed by atoms with E-state index in [-0.39, 0.29) is 24.8 Å². The van der Waals surface area contributed by atoms with Crippen LogP contribution in [-0.2, 0) is 20.3 Å². The third-order valence-electron chi connectivity index (χ3n) is 13.8. The van der Waals surface area contributed by atoms with Gasteiger partial charge in [-0.25, -0.2) is 0 Å². The normalized spacial score (nSPS) is 17.8. The number of hydrogen-bond acceptors (Lipinski definition) is 0. The van der Waals surface area contributed by atoms with Crippen LogP contribution in [0.3, 0.4) is 0 Å². The first-order valence-electron chi connectivity index (χ1n) is 19.9. The van der Waals surface area contributed by atoms with Crippen molar-refractivity contribution >= 4 is 38.7 Å². The number of rotatable bonds is 8. The van der Waals surface area contributed by atoms with E-state index in [4.69, 9.17) is 0 Å². The van der Waals surface area contributed by atoms with Crippen molar-refractivity contribution < 1.29 is 45.1 Å². The van der Waals surface area contributed by atoms with Crippen molar-refractivity contribution in [2.75, 3.05) is 0 Å². The Kier molecular flexibility index (Phi) is 12.0. The van der Waals surface area contributed by atoms with E-state index in [9.17, 15) is 0 Å². The second kappa shape index (κ2) is 15.0. The number of fused-ring (bicyclic) bond motifs is 2. The van der Waals surface area contributed by atoms with E-state index >= 15 is 0 Å². The Labute approximate surface area is 341 Å². The zero-order valence-electron chi connectivity index (χ0n) is 35.0. The molecular formula is C48H62Cl2Si2Zr. The molecule has 0 nitrogen and oxygen atoms in total. The maximum atomic E-state index is 2.71. The molecule has 0 spiro atoms. The second-order valence-electron chi connectivity index (χ2n) is 18.6. The number of hydrogen-bond donors (Lipinski definition) is 0. The Hall–Kier alpha value is -1.74. The van der Waals surface area contributed by atoms with E-state index in [0.717, 1.165) is 12.8 Å². The zero-order valence-corrected chi connectivity index (χ0v) is 41.0. The molecule has 0 aromatic heterocycles. The van der Waals surface area contributed by atoms with E-state index in [2.05, 4.69) is 155 Å². The van der Waals surface area contributed by atoms with Gasteiger partial charge >= 0.3 is 320 Å². The first-order chi connectivity index (χ1) is 24.0. The quantitative estimate of drug-likeness (QED) is 0.163. The molecule has 1 aliphatic heterocycles. The van der Waals surface area contributed by atoms with Gasteiger partial charge in [-0.1, -0.05) is 0 Å². The summed E-state index contributed by atoms with van der Waals surface area (Å²) in [5.74, 6) is 0. The fourth-order valence-corrected chi connectivity index (χ4v) is 30.8. The summed E-state index contributed by atoms with van der Waals surface area (Å²) in [6.07, 6.45) is 7.74. The Morgan fingerprint density at radius 3 is 1.08 bits per heavy atom. The molecule has 2 unspecified atom stereocenters. The molecule has 1 heterocycles. The average Bonchev–Trinajstić information content (AvgIpc) is 3.63. The van der Waals surface area contributed by atoms with Crippen molar-refractivity contribution in [2.24, 2.45) is 0 Å². The Balaban J connectivity index is 0.00000271. The minimum Gasteiger partial charge on any atom is -1.00 e. The maximum Gasteiger partial charge on any atom is -1.00 e. The molecule has 0 radical (unpaired) electrons. The van der Waals surface area contributed by atoms with E-state index in [1.54, 1.807) is 54.9 Å². The van der Waals surface area contributed by atoms with Gasteiger partial charge in [0.15, 0.2) is 0 Å². The molecule has 4 aromatic carbocycles. The van der Waals surface area contributed by atoms with Crippen LogP contribution in [0.15, 0.2) is 59.7 Å². The van der Waals surface area contributed by atoms with Crippen LogP contribution >= 0.6 is 0 Å². The van der Waals surface area contributed by atoms with Gasteiger partial charge in [0.05, 0.1) is 0 Å². The predicted molar refractivity (Wildman–Crippen MR) is 230 cm³/mol. The van der Waals surface area contributed by atoms with Crippen LogP contribution < -0.4 is 35.2 Å². The molecule has 53 heavy (non-hydrogen) atoms. The summed E-state index contributed by atoms with van der Waals surface area (Å²) in [4.78, 5) is 0. The Bertz CT molecular complexity index is 1990. The monoisotopic (exact) mass is 854 g/mol. The molecule has 2 aliphatic carbocycles. The molecule has 0 amide bonds. The van der Waals surface area contributed by atoms with Crippen molar-refractivity contribution in [2.45, 2.75) is 123 Å². The van der Waals surface area contributed by atoms with Crippen molar-refractivity contribution in [1.29, 1.82) is 0 Å².